The van der Waals surface area contributed by atoms with Gasteiger partial charge in [0.2, 0.25) is 0 Å². The Morgan fingerprint density at radius 1 is 1.32 bits per heavy atom. The van der Waals surface area contributed by atoms with Crippen LogP contribution >= 0.6 is 0 Å². The Labute approximate surface area is 201 Å². The lowest BCUT2D eigenvalue weighted by Gasteiger charge is -2.59. The Kier molecular flexibility index (Phi) is 6.60. The van der Waals surface area contributed by atoms with Crippen LogP contribution in [0.25, 0.3) is 0 Å². The first-order valence-electron chi connectivity index (χ1n) is 12.4. The maximum absolute atomic E-state index is 13.1. The maximum atomic E-state index is 13.1. The van der Waals surface area contributed by atoms with Crippen LogP contribution in [-0.4, -0.2) is 46.1 Å². The molecule has 0 spiro atoms. The summed E-state index contributed by atoms with van der Waals surface area (Å²) < 4.78 is 5.38. The summed E-state index contributed by atoms with van der Waals surface area (Å²) in [6.45, 7) is 7.69. The first kappa shape index (κ1) is 24.8. The molecule has 0 saturated heterocycles. The van der Waals surface area contributed by atoms with Gasteiger partial charge in [-0.2, -0.15) is 0 Å². The number of aliphatic hydroxyl groups excluding tert-OH is 1. The quantitative estimate of drug-likeness (QED) is 0.593. The van der Waals surface area contributed by atoms with Gasteiger partial charge in [0, 0.05) is 11.8 Å². The molecule has 1 saturated carbocycles. The number of Topliss-reactive ketones (excluding diaryl/α,β-unsaturated/α-hetero) is 1. The molecule has 0 unspecified atom stereocenters. The third-order valence-electron chi connectivity index (χ3n) is 9.25. The van der Waals surface area contributed by atoms with Crippen LogP contribution in [0.2, 0.25) is 0 Å². The van der Waals surface area contributed by atoms with Crippen LogP contribution < -0.4 is 0 Å². The van der Waals surface area contributed by atoms with E-state index in [4.69, 9.17) is 4.74 Å². The second kappa shape index (κ2) is 9.04. The number of hydrogen-bond acceptors (Lipinski definition) is 6. The summed E-state index contributed by atoms with van der Waals surface area (Å²) in [6, 6.07) is 6.26. The van der Waals surface area contributed by atoms with Crippen molar-refractivity contribution in [3.8, 4) is 0 Å². The molecule has 0 aromatic heterocycles. The number of ketones is 2. The van der Waals surface area contributed by atoms with Crippen LogP contribution in [0.15, 0.2) is 30.4 Å². The number of carbonyl (C=O) groups excluding carboxylic acids is 3. The normalized spacial score (nSPS) is 34.8. The van der Waals surface area contributed by atoms with Crippen molar-refractivity contribution in [2.45, 2.75) is 89.4 Å². The summed E-state index contributed by atoms with van der Waals surface area (Å²) in [5.74, 6) is -0.368. The van der Waals surface area contributed by atoms with Crippen LogP contribution in [0.3, 0.4) is 0 Å². The van der Waals surface area contributed by atoms with E-state index >= 15 is 0 Å². The topological polar surface area (TPSA) is 101 Å². The number of ether oxygens (including phenoxy) is 1. The van der Waals surface area contributed by atoms with Crippen LogP contribution in [-0.2, 0) is 25.5 Å². The monoisotopic (exact) mass is 468 g/mol. The van der Waals surface area contributed by atoms with E-state index in [0.29, 0.717) is 25.7 Å². The molecule has 1 aromatic carbocycles. The minimum absolute atomic E-state index is 0.0106. The number of fused-ring (bicyclic) bond motifs is 5. The van der Waals surface area contributed by atoms with Gasteiger partial charge in [0.05, 0.1) is 11.5 Å². The Balaban J connectivity index is 1.64. The summed E-state index contributed by atoms with van der Waals surface area (Å²) in [7, 11) is 0. The van der Waals surface area contributed by atoms with Crippen molar-refractivity contribution in [1.82, 2.24) is 0 Å². The van der Waals surface area contributed by atoms with Gasteiger partial charge in [0.1, 0.15) is 17.5 Å². The third kappa shape index (κ3) is 3.75. The van der Waals surface area contributed by atoms with Crippen LogP contribution in [0, 0.1) is 17.3 Å². The zero-order valence-electron chi connectivity index (χ0n) is 20.5. The summed E-state index contributed by atoms with van der Waals surface area (Å²) in [5, 5.41) is 22.4. The second-order valence-electron chi connectivity index (χ2n) is 10.9. The highest BCUT2D eigenvalue weighted by Gasteiger charge is 2.65. The minimum Gasteiger partial charge on any atom is -0.464 e. The minimum atomic E-state index is -1.43. The molecule has 184 valence electrons. The molecule has 0 radical (unpaired) electrons. The molecule has 8 atom stereocenters. The van der Waals surface area contributed by atoms with Gasteiger partial charge >= 0.3 is 0 Å². The van der Waals surface area contributed by atoms with Gasteiger partial charge in [-0.25, -0.2) is 0 Å². The van der Waals surface area contributed by atoms with E-state index in [0.717, 1.165) is 24.0 Å². The summed E-state index contributed by atoms with van der Waals surface area (Å²) in [6.07, 6.45) is 4.60. The van der Waals surface area contributed by atoms with Gasteiger partial charge < -0.3 is 14.9 Å². The van der Waals surface area contributed by atoms with E-state index in [1.54, 1.807) is 19.1 Å². The lowest BCUT2D eigenvalue weighted by Crippen LogP contribution is -2.67. The molecule has 0 bridgehead atoms. The van der Waals surface area contributed by atoms with Crippen molar-refractivity contribution in [3.05, 3.63) is 47.0 Å². The van der Waals surface area contributed by atoms with Crippen molar-refractivity contribution in [2.24, 2.45) is 17.3 Å². The maximum Gasteiger partial charge on any atom is 0.293 e. The molecule has 0 aliphatic heterocycles. The fourth-order valence-corrected chi connectivity index (χ4v) is 6.74. The van der Waals surface area contributed by atoms with E-state index in [1.807, 2.05) is 26.8 Å². The van der Waals surface area contributed by atoms with Crippen LogP contribution in [0.1, 0.15) is 81.9 Å². The van der Waals surface area contributed by atoms with Gasteiger partial charge in [0.15, 0.2) is 5.78 Å². The highest BCUT2D eigenvalue weighted by atomic mass is 16.5. The Hall–Kier alpha value is -2.31. The van der Waals surface area contributed by atoms with Crippen molar-refractivity contribution in [2.75, 3.05) is 0 Å². The molecular formula is C28H36O6. The molecule has 4 rings (SSSR count). The number of hydrogen-bond donors (Lipinski definition) is 2. The summed E-state index contributed by atoms with van der Waals surface area (Å²) in [4.78, 5) is 36.0. The second-order valence-corrected chi connectivity index (χ2v) is 10.9. The summed E-state index contributed by atoms with van der Waals surface area (Å²) in [5.41, 5.74) is 0.894. The average Bonchev–Trinajstić information content (AvgIpc) is 2.80. The summed E-state index contributed by atoms with van der Waals surface area (Å²) >= 11 is 0. The lowest BCUT2D eigenvalue weighted by molar-refractivity contribution is -0.207. The molecule has 2 N–H and O–H groups in total. The van der Waals surface area contributed by atoms with Crippen molar-refractivity contribution >= 4 is 18.0 Å². The molecule has 6 nitrogen and oxygen atoms in total. The zero-order chi connectivity index (χ0) is 24.8. The molecule has 6 heteroatoms. The van der Waals surface area contributed by atoms with Crippen LogP contribution in [0.5, 0.6) is 0 Å². The van der Waals surface area contributed by atoms with E-state index in [2.05, 4.69) is 12.1 Å². The molecule has 34 heavy (non-hydrogen) atoms. The van der Waals surface area contributed by atoms with E-state index in [1.165, 1.54) is 5.56 Å². The van der Waals surface area contributed by atoms with Gasteiger partial charge in [-0.05, 0) is 80.6 Å². The Morgan fingerprint density at radius 2 is 2.06 bits per heavy atom. The molecule has 0 heterocycles. The third-order valence-corrected chi connectivity index (χ3v) is 9.25. The van der Waals surface area contributed by atoms with Gasteiger partial charge in [0.25, 0.3) is 6.47 Å². The standard InChI is InChI=1S/C28H36O6/c1-16(18(3)30)12-24(34-15-29)17(2)19-7-9-21-20(13-19)8-10-23-22(21)14-26(32)28(33)11-5-6-25(31)27(23,28)4/h5-7,9,13,15-17,22-24,26,32-33H,8,10-12,14H2,1-4H3/t16-,17-,22-,23-,24-,26+,27-,28-/m0/s1. The smallest absolute Gasteiger partial charge is 0.293 e. The van der Waals surface area contributed by atoms with Gasteiger partial charge in [-0.15, -0.1) is 0 Å². The van der Waals surface area contributed by atoms with Crippen molar-refractivity contribution in [3.63, 3.8) is 0 Å². The largest absolute Gasteiger partial charge is 0.464 e. The van der Waals surface area contributed by atoms with Crippen LogP contribution in [0.4, 0.5) is 0 Å². The van der Waals surface area contributed by atoms with Gasteiger partial charge in [-0.1, -0.05) is 38.1 Å². The number of allylic oxidation sites excluding steroid dienone is 1. The molecule has 1 aromatic rings. The number of aryl methyl sites for hydroxylation is 1. The van der Waals surface area contributed by atoms with E-state index in [-0.39, 0.29) is 35.2 Å². The number of carbonyl (C=O) groups is 3. The zero-order valence-corrected chi connectivity index (χ0v) is 20.5. The van der Waals surface area contributed by atoms with Crippen molar-refractivity contribution in [1.29, 1.82) is 0 Å². The molecule has 3 aliphatic carbocycles. The number of benzene rings is 1. The first-order chi connectivity index (χ1) is 16.0. The number of aliphatic hydroxyl groups is 2. The fourth-order valence-electron chi connectivity index (χ4n) is 6.74. The fraction of sp³-hybridized carbons (Fsp3) is 0.607. The van der Waals surface area contributed by atoms with Crippen molar-refractivity contribution < 1.29 is 29.3 Å². The first-order valence-corrected chi connectivity index (χ1v) is 12.4. The molecule has 1 fully saturated rings. The highest BCUT2D eigenvalue weighted by molar-refractivity contribution is 5.97. The average molecular weight is 469 g/mol. The lowest BCUT2D eigenvalue weighted by atomic mass is 9.47. The molecular weight excluding hydrogens is 432 g/mol. The Morgan fingerprint density at radius 3 is 2.74 bits per heavy atom. The number of rotatable bonds is 7. The SMILES string of the molecule is CC(=O)[C@@H](C)C[C@H](OC=O)[C@@H](C)c1ccc2c(c1)CC[C@H]1[C@H]2C[C@@H](O)[C@@]2(O)CC=CC(=O)[C@]12C. The highest BCUT2D eigenvalue weighted by Crippen LogP contribution is 2.60. The Bertz CT molecular complexity index is 1010. The molecule has 3 aliphatic rings. The predicted molar refractivity (Wildman–Crippen MR) is 127 cm³/mol. The van der Waals surface area contributed by atoms with Gasteiger partial charge in [-0.3, -0.25) is 14.4 Å². The van der Waals surface area contributed by atoms with E-state index in [9.17, 15) is 24.6 Å². The molecule has 0 amide bonds. The predicted octanol–water partition coefficient (Wildman–Crippen LogP) is 3.62. The van der Waals surface area contributed by atoms with E-state index < -0.39 is 23.2 Å².